The summed E-state index contributed by atoms with van der Waals surface area (Å²) in [7, 11) is 0. The molecule has 1 aromatic carbocycles. The molecule has 0 bridgehead atoms. The Morgan fingerprint density at radius 2 is 2.11 bits per heavy atom. The molecule has 0 radical (unpaired) electrons. The van der Waals surface area contributed by atoms with E-state index in [1.165, 1.54) is 17.4 Å². The third-order valence-corrected chi connectivity index (χ3v) is 4.43. The van der Waals surface area contributed by atoms with Gasteiger partial charge in [-0.25, -0.2) is 0 Å². The van der Waals surface area contributed by atoms with E-state index < -0.39 is 0 Å². The average Bonchev–Trinajstić information content (AvgIpc) is 3.04. The Hall–Kier alpha value is -1.41. The smallest absolute Gasteiger partial charge is 0.0705 e. The second kappa shape index (κ2) is 4.61. The molecule has 1 aromatic heterocycles. The van der Waals surface area contributed by atoms with Crippen LogP contribution in [0.4, 0.5) is 0 Å². The maximum Gasteiger partial charge on any atom is 0.0705 e. The molecule has 0 saturated heterocycles. The minimum absolute atomic E-state index is 0.452. The Morgan fingerprint density at radius 1 is 1.32 bits per heavy atom. The molecule has 1 aliphatic carbocycles. The van der Waals surface area contributed by atoms with Gasteiger partial charge in [-0.15, -0.1) is 0 Å². The molecular formula is C17H22N2. The summed E-state index contributed by atoms with van der Waals surface area (Å²) in [6.45, 7) is 7.93. The molecule has 2 unspecified atom stereocenters. The number of hydrogen-bond acceptors (Lipinski definition) is 2. The molecule has 2 heteroatoms. The van der Waals surface area contributed by atoms with Crippen LogP contribution < -0.4 is 5.32 Å². The van der Waals surface area contributed by atoms with Crippen molar-refractivity contribution in [2.45, 2.75) is 33.2 Å². The largest absolute Gasteiger partial charge is 0.310 e. The topological polar surface area (TPSA) is 24.9 Å². The minimum Gasteiger partial charge on any atom is -0.310 e. The van der Waals surface area contributed by atoms with E-state index in [1.807, 2.05) is 12.3 Å². The van der Waals surface area contributed by atoms with Crippen molar-refractivity contribution in [3.63, 3.8) is 0 Å². The first-order chi connectivity index (χ1) is 9.13. The van der Waals surface area contributed by atoms with Gasteiger partial charge in [0.05, 0.1) is 5.52 Å². The molecule has 3 rings (SSSR count). The fraction of sp³-hybridized carbons (Fsp3) is 0.471. The zero-order valence-electron chi connectivity index (χ0n) is 12.0. The van der Waals surface area contributed by atoms with Crippen LogP contribution >= 0.6 is 0 Å². The molecule has 1 heterocycles. The van der Waals surface area contributed by atoms with Crippen molar-refractivity contribution in [3.8, 4) is 0 Å². The summed E-state index contributed by atoms with van der Waals surface area (Å²) in [4.78, 5) is 4.47. The fourth-order valence-corrected chi connectivity index (χ4v) is 3.16. The van der Waals surface area contributed by atoms with Crippen LogP contribution in [-0.2, 0) is 0 Å². The molecule has 1 N–H and O–H groups in total. The summed E-state index contributed by atoms with van der Waals surface area (Å²) in [5, 5.41) is 4.97. The van der Waals surface area contributed by atoms with Crippen molar-refractivity contribution in [2.75, 3.05) is 6.54 Å². The predicted octanol–water partition coefficient (Wildman–Crippen LogP) is 3.93. The standard InChI is InChI=1S/C17H22N2/c1-4-18-16(14-11-17(14,2)3)13-7-5-9-15-12(13)8-6-10-19-15/h5-10,14,16,18H,4,11H2,1-3H3. The van der Waals surface area contributed by atoms with Crippen molar-refractivity contribution in [1.82, 2.24) is 10.3 Å². The summed E-state index contributed by atoms with van der Waals surface area (Å²) < 4.78 is 0. The van der Waals surface area contributed by atoms with Gasteiger partial charge in [0, 0.05) is 17.6 Å². The first kappa shape index (κ1) is 12.6. The molecule has 1 saturated carbocycles. The van der Waals surface area contributed by atoms with E-state index in [-0.39, 0.29) is 0 Å². The molecule has 19 heavy (non-hydrogen) atoms. The number of hydrogen-bond donors (Lipinski definition) is 1. The first-order valence-electron chi connectivity index (χ1n) is 7.20. The van der Waals surface area contributed by atoms with Crippen LogP contribution in [0.2, 0.25) is 0 Å². The summed E-state index contributed by atoms with van der Waals surface area (Å²) >= 11 is 0. The highest BCUT2D eigenvalue weighted by atomic mass is 14.9. The van der Waals surface area contributed by atoms with E-state index >= 15 is 0 Å². The van der Waals surface area contributed by atoms with Gasteiger partial charge in [-0.05, 0) is 42.0 Å². The molecular weight excluding hydrogens is 232 g/mol. The van der Waals surface area contributed by atoms with E-state index in [1.54, 1.807) is 0 Å². The molecule has 0 aliphatic heterocycles. The van der Waals surface area contributed by atoms with Gasteiger partial charge in [0.15, 0.2) is 0 Å². The van der Waals surface area contributed by atoms with Gasteiger partial charge < -0.3 is 5.32 Å². The predicted molar refractivity (Wildman–Crippen MR) is 80.0 cm³/mol. The Balaban J connectivity index is 2.05. The number of benzene rings is 1. The van der Waals surface area contributed by atoms with Crippen LogP contribution in [0.1, 0.15) is 38.8 Å². The highest BCUT2D eigenvalue weighted by Crippen LogP contribution is 2.58. The Morgan fingerprint density at radius 3 is 2.79 bits per heavy atom. The van der Waals surface area contributed by atoms with Crippen LogP contribution in [0.25, 0.3) is 10.9 Å². The molecule has 2 atom stereocenters. The highest BCUT2D eigenvalue weighted by molar-refractivity contribution is 5.82. The SMILES string of the molecule is CCNC(c1cccc2ncccc12)C1CC1(C)C. The van der Waals surface area contributed by atoms with Crippen molar-refractivity contribution < 1.29 is 0 Å². The summed E-state index contributed by atoms with van der Waals surface area (Å²) in [5.41, 5.74) is 2.97. The summed E-state index contributed by atoms with van der Waals surface area (Å²) in [6.07, 6.45) is 3.18. The van der Waals surface area contributed by atoms with Gasteiger partial charge in [0.1, 0.15) is 0 Å². The molecule has 0 amide bonds. The average molecular weight is 254 g/mol. The lowest BCUT2D eigenvalue weighted by Crippen LogP contribution is -2.24. The molecule has 2 nitrogen and oxygen atoms in total. The lowest BCUT2D eigenvalue weighted by molar-refractivity contribution is 0.425. The lowest BCUT2D eigenvalue weighted by atomic mass is 9.94. The Bertz CT molecular complexity index is 583. The highest BCUT2D eigenvalue weighted by Gasteiger charge is 2.50. The van der Waals surface area contributed by atoms with Gasteiger partial charge in [-0.3, -0.25) is 4.98 Å². The van der Waals surface area contributed by atoms with Gasteiger partial charge in [0.2, 0.25) is 0 Å². The second-order valence-electron chi connectivity index (χ2n) is 6.25. The Labute approximate surface area is 115 Å². The quantitative estimate of drug-likeness (QED) is 0.894. The van der Waals surface area contributed by atoms with Crippen LogP contribution in [0.3, 0.4) is 0 Å². The molecule has 0 spiro atoms. The number of aromatic nitrogens is 1. The Kier molecular flexibility index (Phi) is 3.06. The third-order valence-electron chi connectivity index (χ3n) is 4.43. The number of fused-ring (bicyclic) bond motifs is 1. The van der Waals surface area contributed by atoms with Crippen LogP contribution in [0.15, 0.2) is 36.5 Å². The van der Waals surface area contributed by atoms with Crippen molar-refractivity contribution in [1.29, 1.82) is 0 Å². The van der Waals surface area contributed by atoms with Crippen LogP contribution in [0.5, 0.6) is 0 Å². The summed E-state index contributed by atoms with van der Waals surface area (Å²) in [5.74, 6) is 0.734. The molecule has 1 aliphatic rings. The lowest BCUT2D eigenvalue weighted by Gasteiger charge is -2.21. The first-order valence-corrected chi connectivity index (χ1v) is 7.20. The third kappa shape index (κ3) is 2.25. The van der Waals surface area contributed by atoms with Crippen molar-refractivity contribution >= 4 is 10.9 Å². The second-order valence-corrected chi connectivity index (χ2v) is 6.25. The van der Waals surface area contributed by atoms with Crippen molar-refractivity contribution in [3.05, 3.63) is 42.1 Å². The number of nitrogens with zero attached hydrogens (tertiary/aromatic N) is 1. The number of rotatable bonds is 4. The van der Waals surface area contributed by atoms with Gasteiger partial charge in [0.25, 0.3) is 0 Å². The van der Waals surface area contributed by atoms with E-state index in [2.05, 4.69) is 55.3 Å². The summed E-state index contributed by atoms with van der Waals surface area (Å²) in [6, 6.07) is 11.2. The minimum atomic E-state index is 0.452. The molecule has 2 aromatic rings. The van der Waals surface area contributed by atoms with E-state index in [4.69, 9.17) is 0 Å². The number of pyridine rings is 1. The van der Waals surface area contributed by atoms with E-state index in [0.29, 0.717) is 11.5 Å². The van der Waals surface area contributed by atoms with Crippen LogP contribution in [-0.4, -0.2) is 11.5 Å². The maximum absolute atomic E-state index is 4.47. The molecule has 100 valence electrons. The monoisotopic (exact) mass is 254 g/mol. The van der Waals surface area contributed by atoms with Gasteiger partial charge >= 0.3 is 0 Å². The maximum atomic E-state index is 4.47. The van der Waals surface area contributed by atoms with Crippen molar-refractivity contribution in [2.24, 2.45) is 11.3 Å². The van der Waals surface area contributed by atoms with Crippen LogP contribution in [0, 0.1) is 11.3 Å². The number of nitrogens with one attached hydrogen (secondary N) is 1. The van der Waals surface area contributed by atoms with E-state index in [9.17, 15) is 0 Å². The normalized spacial score (nSPS) is 22.4. The zero-order valence-corrected chi connectivity index (χ0v) is 12.0. The van der Waals surface area contributed by atoms with E-state index in [0.717, 1.165) is 18.0 Å². The molecule has 1 fully saturated rings. The van der Waals surface area contributed by atoms with Gasteiger partial charge in [-0.1, -0.05) is 39.0 Å². The van der Waals surface area contributed by atoms with Gasteiger partial charge in [-0.2, -0.15) is 0 Å². The zero-order chi connectivity index (χ0) is 13.5. The fourth-order valence-electron chi connectivity index (χ4n) is 3.16.